The fourth-order valence-electron chi connectivity index (χ4n) is 1.81. The number of pyridine rings is 1. The number of hydrogen-bond donors (Lipinski definition) is 0. The number of alkyl halides is 1. The molecule has 0 saturated carbocycles. The second-order valence-corrected chi connectivity index (χ2v) is 3.97. The number of hydrogen-bond acceptors (Lipinski definition) is 2. The van der Waals surface area contributed by atoms with Gasteiger partial charge in [-0.25, -0.2) is 4.98 Å². The largest absolute Gasteiger partial charge is 0.357 e. The summed E-state index contributed by atoms with van der Waals surface area (Å²) in [4.78, 5) is 6.76. The topological polar surface area (TPSA) is 16.1 Å². The molecular weight excluding hydrogens is 196 g/mol. The van der Waals surface area contributed by atoms with E-state index in [0.29, 0.717) is 5.88 Å². The third-order valence-corrected chi connectivity index (χ3v) is 2.95. The summed E-state index contributed by atoms with van der Waals surface area (Å²) < 4.78 is 0. The van der Waals surface area contributed by atoms with Gasteiger partial charge in [0, 0.05) is 25.2 Å². The van der Waals surface area contributed by atoms with Crippen molar-refractivity contribution in [1.29, 1.82) is 0 Å². The molecule has 2 nitrogen and oxygen atoms in total. The van der Waals surface area contributed by atoms with Crippen LogP contribution < -0.4 is 4.90 Å². The predicted octanol–water partition coefficient (Wildman–Crippen LogP) is 2.81. The normalized spacial score (nSPS) is 17.1. The van der Waals surface area contributed by atoms with Gasteiger partial charge in [-0.2, -0.15) is 0 Å². The number of nitrogens with zero attached hydrogens (tertiary/aromatic N) is 2. The minimum absolute atomic E-state index is 0.549. The molecule has 0 radical (unpaired) electrons. The number of anilines is 1. The van der Waals surface area contributed by atoms with Gasteiger partial charge < -0.3 is 4.90 Å². The number of halogens is 1. The van der Waals surface area contributed by atoms with E-state index >= 15 is 0 Å². The Labute approximate surface area is 89.9 Å². The molecule has 1 aliphatic rings. The van der Waals surface area contributed by atoms with Crippen molar-refractivity contribution in [2.75, 3.05) is 18.0 Å². The molecule has 1 aromatic heterocycles. The first-order valence-corrected chi connectivity index (χ1v) is 5.69. The molecule has 14 heavy (non-hydrogen) atoms. The first-order chi connectivity index (χ1) is 6.90. The molecule has 0 amide bonds. The van der Waals surface area contributed by atoms with Crippen LogP contribution in [-0.4, -0.2) is 18.1 Å². The lowest BCUT2D eigenvalue weighted by Crippen LogP contribution is -2.30. The average molecular weight is 211 g/mol. The average Bonchev–Trinajstić information content (AvgIpc) is 2.30. The molecule has 2 heterocycles. The van der Waals surface area contributed by atoms with E-state index in [-0.39, 0.29) is 0 Å². The molecule has 0 aromatic carbocycles. The van der Waals surface area contributed by atoms with Crippen molar-refractivity contribution in [3.63, 3.8) is 0 Å². The van der Waals surface area contributed by atoms with Crippen molar-refractivity contribution in [3.05, 3.63) is 23.9 Å². The summed E-state index contributed by atoms with van der Waals surface area (Å²) in [5.74, 6) is 1.64. The van der Waals surface area contributed by atoms with Gasteiger partial charge >= 0.3 is 0 Å². The van der Waals surface area contributed by atoms with Gasteiger partial charge in [-0.15, -0.1) is 11.6 Å². The van der Waals surface area contributed by atoms with Crippen molar-refractivity contribution < 1.29 is 0 Å². The molecular formula is C11H15ClN2. The van der Waals surface area contributed by atoms with Crippen molar-refractivity contribution in [1.82, 2.24) is 4.98 Å². The highest BCUT2D eigenvalue weighted by molar-refractivity contribution is 6.17. The third kappa shape index (κ3) is 2.18. The summed E-state index contributed by atoms with van der Waals surface area (Å²) in [5.41, 5.74) is 1.09. The van der Waals surface area contributed by atoms with Gasteiger partial charge in [-0.05, 0) is 30.9 Å². The van der Waals surface area contributed by atoms with Crippen LogP contribution in [-0.2, 0) is 5.88 Å². The fraction of sp³-hybridized carbons (Fsp3) is 0.545. The van der Waals surface area contributed by atoms with Crippen LogP contribution in [0.15, 0.2) is 18.3 Å². The minimum atomic E-state index is 0.549. The first-order valence-electron chi connectivity index (χ1n) is 5.16. The number of aromatic nitrogens is 1. The predicted molar refractivity (Wildman–Crippen MR) is 59.9 cm³/mol. The van der Waals surface area contributed by atoms with Crippen molar-refractivity contribution in [2.24, 2.45) is 0 Å². The van der Waals surface area contributed by atoms with Gasteiger partial charge in [0.1, 0.15) is 5.82 Å². The van der Waals surface area contributed by atoms with Crippen molar-refractivity contribution >= 4 is 17.4 Å². The van der Waals surface area contributed by atoms with E-state index in [1.165, 1.54) is 19.3 Å². The molecule has 1 fully saturated rings. The zero-order chi connectivity index (χ0) is 9.80. The Bertz CT molecular complexity index is 278. The highest BCUT2D eigenvalue weighted by atomic mass is 35.5. The lowest BCUT2D eigenvalue weighted by Gasteiger charge is -2.27. The van der Waals surface area contributed by atoms with Crippen LogP contribution in [0.5, 0.6) is 0 Å². The van der Waals surface area contributed by atoms with E-state index < -0.39 is 0 Å². The van der Waals surface area contributed by atoms with Crippen LogP contribution >= 0.6 is 11.6 Å². The first kappa shape index (κ1) is 9.78. The van der Waals surface area contributed by atoms with Crippen LogP contribution in [0.3, 0.4) is 0 Å². The summed E-state index contributed by atoms with van der Waals surface area (Å²) in [5, 5.41) is 0. The zero-order valence-corrected chi connectivity index (χ0v) is 9.00. The van der Waals surface area contributed by atoms with Crippen LogP contribution in [0.4, 0.5) is 5.82 Å². The van der Waals surface area contributed by atoms with Gasteiger partial charge in [0.25, 0.3) is 0 Å². The second kappa shape index (κ2) is 4.65. The maximum absolute atomic E-state index is 5.71. The van der Waals surface area contributed by atoms with E-state index in [1.54, 1.807) is 0 Å². The Morgan fingerprint density at radius 3 is 2.57 bits per heavy atom. The Morgan fingerprint density at radius 1 is 1.21 bits per heavy atom. The fourth-order valence-corrected chi connectivity index (χ4v) is 1.96. The summed E-state index contributed by atoms with van der Waals surface area (Å²) in [6, 6.07) is 4.13. The molecule has 1 aromatic rings. The summed E-state index contributed by atoms with van der Waals surface area (Å²) in [6.07, 6.45) is 5.81. The SMILES string of the molecule is ClCc1ccc(N2CCCCC2)nc1. The molecule has 0 aliphatic carbocycles. The van der Waals surface area contributed by atoms with Gasteiger partial charge in [-0.3, -0.25) is 0 Å². The lowest BCUT2D eigenvalue weighted by molar-refractivity contribution is 0.573. The van der Waals surface area contributed by atoms with Gasteiger partial charge in [0.2, 0.25) is 0 Å². The van der Waals surface area contributed by atoms with Crippen LogP contribution in [0.2, 0.25) is 0 Å². The number of rotatable bonds is 2. The van der Waals surface area contributed by atoms with E-state index in [9.17, 15) is 0 Å². The van der Waals surface area contributed by atoms with Crippen LogP contribution in [0.25, 0.3) is 0 Å². The second-order valence-electron chi connectivity index (χ2n) is 3.71. The monoisotopic (exact) mass is 210 g/mol. The van der Waals surface area contributed by atoms with Crippen molar-refractivity contribution in [2.45, 2.75) is 25.1 Å². The molecule has 1 aliphatic heterocycles. The Hall–Kier alpha value is -0.760. The molecule has 0 unspecified atom stereocenters. The van der Waals surface area contributed by atoms with Gasteiger partial charge in [-0.1, -0.05) is 6.07 Å². The van der Waals surface area contributed by atoms with Crippen LogP contribution in [0.1, 0.15) is 24.8 Å². The van der Waals surface area contributed by atoms with E-state index in [2.05, 4.69) is 22.0 Å². The molecule has 3 heteroatoms. The summed E-state index contributed by atoms with van der Waals surface area (Å²) in [6.45, 7) is 2.29. The van der Waals surface area contributed by atoms with Gasteiger partial charge in [0.15, 0.2) is 0 Å². The molecule has 76 valence electrons. The van der Waals surface area contributed by atoms with Gasteiger partial charge in [0.05, 0.1) is 0 Å². The highest BCUT2D eigenvalue weighted by Gasteiger charge is 2.11. The molecule has 0 N–H and O–H groups in total. The maximum Gasteiger partial charge on any atom is 0.128 e. The molecule has 0 atom stereocenters. The summed E-state index contributed by atoms with van der Waals surface area (Å²) in [7, 11) is 0. The van der Waals surface area contributed by atoms with E-state index in [1.807, 2.05) is 6.20 Å². The van der Waals surface area contributed by atoms with E-state index in [4.69, 9.17) is 11.6 Å². The Morgan fingerprint density at radius 2 is 2.00 bits per heavy atom. The van der Waals surface area contributed by atoms with Crippen LogP contribution in [0, 0.1) is 0 Å². The molecule has 1 saturated heterocycles. The quantitative estimate of drug-likeness (QED) is 0.698. The lowest BCUT2D eigenvalue weighted by atomic mass is 10.1. The minimum Gasteiger partial charge on any atom is -0.357 e. The molecule has 0 spiro atoms. The zero-order valence-electron chi connectivity index (χ0n) is 8.25. The molecule has 2 rings (SSSR count). The van der Waals surface area contributed by atoms with E-state index in [0.717, 1.165) is 24.5 Å². The Kier molecular flexibility index (Phi) is 3.25. The summed E-state index contributed by atoms with van der Waals surface area (Å²) >= 11 is 5.71. The Balaban J connectivity index is 2.07. The molecule has 0 bridgehead atoms. The standard InChI is InChI=1S/C11H15ClN2/c12-8-10-4-5-11(13-9-10)14-6-2-1-3-7-14/h4-5,9H,1-3,6-8H2. The third-order valence-electron chi connectivity index (χ3n) is 2.64. The highest BCUT2D eigenvalue weighted by Crippen LogP contribution is 2.17. The smallest absolute Gasteiger partial charge is 0.128 e. The van der Waals surface area contributed by atoms with Crippen molar-refractivity contribution in [3.8, 4) is 0 Å². The maximum atomic E-state index is 5.71. The number of piperidine rings is 1.